The third-order valence-electron chi connectivity index (χ3n) is 3.66. The van der Waals surface area contributed by atoms with Crippen molar-refractivity contribution in [2.45, 2.75) is 19.0 Å². The topological polar surface area (TPSA) is 78.5 Å². The molecule has 6 heteroatoms. The Bertz CT molecular complexity index is 610. The number of aromatic amines is 1. The lowest BCUT2D eigenvalue weighted by atomic mass is 10.1. The lowest BCUT2D eigenvalue weighted by molar-refractivity contribution is -0.140. The van der Waals surface area contributed by atoms with Gasteiger partial charge < -0.3 is 9.84 Å². The quantitative estimate of drug-likeness (QED) is 0.877. The van der Waals surface area contributed by atoms with Gasteiger partial charge in [-0.25, -0.2) is 0 Å². The Balaban J connectivity index is 1.79. The molecule has 1 aliphatic rings. The number of carboxylic acid groups (broad SMARTS) is 1. The van der Waals surface area contributed by atoms with Gasteiger partial charge in [0.25, 0.3) is 0 Å². The SMILES string of the molecule is O=C(O)CC1COCCN1Cc1[nH]nc2ccccc12. The molecule has 0 saturated carbocycles. The van der Waals surface area contributed by atoms with Crippen molar-refractivity contribution in [1.29, 1.82) is 0 Å². The number of morpholine rings is 1. The molecule has 0 aliphatic carbocycles. The summed E-state index contributed by atoms with van der Waals surface area (Å²) in [5, 5.41) is 17.4. The summed E-state index contributed by atoms with van der Waals surface area (Å²) < 4.78 is 5.39. The number of ether oxygens (including phenoxy) is 1. The van der Waals surface area contributed by atoms with Crippen LogP contribution < -0.4 is 0 Å². The van der Waals surface area contributed by atoms with E-state index in [4.69, 9.17) is 9.84 Å². The molecule has 0 amide bonds. The van der Waals surface area contributed by atoms with E-state index in [1.54, 1.807) is 0 Å². The molecule has 1 fully saturated rings. The molecule has 0 radical (unpaired) electrons. The van der Waals surface area contributed by atoms with E-state index in [9.17, 15) is 4.79 Å². The van der Waals surface area contributed by atoms with E-state index < -0.39 is 5.97 Å². The predicted octanol–water partition coefficient (Wildman–Crippen LogP) is 1.24. The van der Waals surface area contributed by atoms with Crippen molar-refractivity contribution in [3.63, 3.8) is 0 Å². The second-order valence-electron chi connectivity index (χ2n) is 5.02. The minimum atomic E-state index is -0.792. The summed E-state index contributed by atoms with van der Waals surface area (Å²) in [6.45, 7) is 2.52. The average molecular weight is 275 g/mol. The minimum absolute atomic E-state index is 0.0803. The Morgan fingerprint density at radius 2 is 2.35 bits per heavy atom. The van der Waals surface area contributed by atoms with Crippen LogP contribution in [-0.2, 0) is 16.1 Å². The highest BCUT2D eigenvalue weighted by Crippen LogP contribution is 2.20. The van der Waals surface area contributed by atoms with Gasteiger partial charge in [-0.05, 0) is 6.07 Å². The first-order valence-corrected chi connectivity index (χ1v) is 6.69. The summed E-state index contributed by atoms with van der Waals surface area (Å²) in [7, 11) is 0. The van der Waals surface area contributed by atoms with E-state index in [2.05, 4.69) is 15.1 Å². The number of H-pyrrole nitrogens is 1. The van der Waals surface area contributed by atoms with E-state index in [0.29, 0.717) is 19.8 Å². The number of nitrogens with zero attached hydrogens (tertiary/aromatic N) is 2. The highest BCUT2D eigenvalue weighted by Gasteiger charge is 2.26. The molecular formula is C14H17N3O3. The Kier molecular flexibility index (Phi) is 3.66. The van der Waals surface area contributed by atoms with Gasteiger partial charge in [0, 0.05) is 24.5 Å². The molecule has 1 atom stereocenters. The van der Waals surface area contributed by atoms with E-state index in [-0.39, 0.29) is 12.5 Å². The van der Waals surface area contributed by atoms with Crippen LogP contribution in [0.4, 0.5) is 0 Å². The van der Waals surface area contributed by atoms with Crippen LogP contribution in [0.25, 0.3) is 10.9 Å². The summed E-state index contributed by atoms with van der Waals surface area (Å²) in [5.41, 5.74) is 1.96. The zero-order valence-electron chi connectivity index (χ0n) is 11.1. The van der Waals surface area contributed by atoms with Crippen LogP contribution in [0.2, 0.25) is 0 Å². The normalized spacial score (nSPS) is 20.3. The van der Waals surface area contributed by atoms with Crippen molar-refractivity contribution in [2.24, 2.45) is 0 Å². The number of rotatable bonds is 4. The molecule has 0 spiro atoms. The van der Waals surface area contributed by atoms with Crippen LogP contribution in [-0.4, -0.2) is 52.0 Å². The fourth-order valence-corrected chi connectivity index (χ4v) is 2.62. The lowest BCUT2D eigenvalue weighted by Crippen LogP contribution is -2.45. The van der Waals surface area contributed by atoms with Gasteiger partial charge in [0.2, 0.25) is 0 Å². The summed E-state index contributed by atoms with van der Waals surface area (Å²) in [6.07, 6.45) is 0.103. The molecule has 2 heterocycles. The molecule has 1 unspecified atom stereocenters. The Morgan fingerprint density at radius 3 is 3.20 bits per heavy atom. The highest BCUT2D eigenvalue weighted by atomic mass is 16.5. The molecule has 6 nitrogen and oxygen atoms in total. The van der Waals surface area contributed by atoms with E-state index in [0.717, 1.165) is 23.1 Å². The number of para-hydroxylation sites is 1. The van der Waals surface area contributed by atoms with Gasteiger partial charge in [-0.2, -0.15) is 5.10 Å². The largest absolute Gasteiger partial charge is 0.481 e. The molecule has 0 bridgehead atoms. The second-order valence-corrected chi connectivity index (χ2v) is 5.02. The number of benzene rings is 1. The zero-order chi connectivity index (χ0) is 13.9. The van der Waals surface area contributed by atoms with E-state index in [1.807, 2.05) is 24.3 Å². The van der Waals surface area contributed by atoms with Crippen molar-refractivity contribution in [1.82, 2.24) is 15.1 Å². The van der Waals surface area contributed by atoms with Gasteiger partial charge in [0.05, 0.1) is 30.8 Å². The number of aliphatic carboxylic acids is 1. The lowest BCUT2D eigenvalue weighted by Gasteiger charge is -2.34. The van der Waals surface area contributed by atoms with Gasteiger partial charge in [0.15, 0.2) is 0 Å². The standard InChI is InChI=1S/C14H17N3O3/c18-14(19)7-10-9-20-6-5-17(10)8-13-11-3-1-2-4-12(11)15-16-13/h1-4,10H,5-9H2,(H,15,16)(H,18,19). The van der Waals surface area contributed by atoms with Crippen molar-refractivity contribution in [3.8, 4) is 0 Å². The first-order valence-electron chi connectivity index (χ1n) is 6.69. The highest BCUT2D eigenvalue weighted by molar-refractivity contribution is 5.81. The van der Waals surface area contributed by atoms with E-state index in [1.165, 1.54) is 0 Å². The van der Waals surface area contributed by atoms with Gasteiger partial charge in [-0.1, -0.05) is 18.2 Å². The van der Waals surface area contributed by atoms with Crippen LogP contribution in [0, 0.1) is 0 Å². The molecule has 1 saturated heterocycles. The average Bonchev–Trinajstić information content (AvgIpc) is 2.84. The molecule has 2 aromatic rings. The Labute approximate surface area is 116 Å². The molecule has 1 aromatic carbocycles. The number of hydrogen-bond acceptors (Lipinski definition) is 4. The number of aromatic nitrogens is 2. The maximum Gasteiger partial charge on any atom is 0.305 e. The monoisotopic (exact) mass is 275 g/mol. The molecule has 3 rings (SSSR count). The van der Waals surface area contributed by atoms with Crippen molar-refractivity contribution in [2.75, 3.05) is 19.8 Å². The van der Waals surface area contributed by atoms with Crippen LogP contribution >= 0.6 is 0 Å². The van der Waals surface area contributed by atoms with Gasteiger partial charge >= 0.3 is 5.97 Å². The molecule has 1 aliphatic heterocycles. The molecule has 1 aromatic heterocycles. The third kappa shape index (κ3) is 2.66. The van der Waals surface area contributed by atoms with Gasteiger partial charge in [-0.15, -0.1) is 0 Å². The second kappa shape index (κ2) is 5.60. The van der Waals surface area contributed by atoms with Gasteiger partial charge in [0.1, 0.15) is 0 Å². The minimum Gasteiger partial charge on any atom is -0.481 e. The zero-order valence-corrected chi connectivity index (χ0v) is 11.1. The first-order chi connectivity index (χ1) is 9.74. The molecule has 106 valence electrons. The molecule has 2 N–H and O–H groups in total. The number of nitrogens with one attached hydrogen (secondary N) is 1. The molecular weight excluding hydrogens is 258 g/mol. The Hall–Kier alpha value is -1.92. The first kappa shape index (κ1) is 13.1. The molecule has 20 heavy (non-hydrogen) atoms. The predicted molar refractivity (Wildman–Crippen MR) is 73.4 cm³/mol. The van der Waals surface area contributed by atoms with E-state index >= 15 is 0 Å². The van der Waals surface area contributed by atoms with Crippen molar-refractivity contribution < 1.29 is 14.6 Å². The van der Waals surface area contributed by atoms with Crippen LogP contribution in [0.3, 0.4) is 0 Å². The van der Waals surface area contributed by atoms with Crippen molar-refractivity contribution in [3.05, 3.63) is 30.0 Å². The fourth-order valence-electron chi connectivity index (χ4n) is 2.62. The number of fused-ring (bicyclic) bond motifs is 1. The number of hydrogen-bond donors (Lipinski definition) is 2. The maximum atomic E-state index is 10.9. The van der Waals surface area contributed by atoms with Crippen molar-refractivity contribution >= 4 is 16.9 Å². The fraction of sp³-hybridized carbons (Fsp3) is 0.429. The summed E-state index contributed by atoms with van der Waals surface area (Å²) in [6, 6.07) is 7.84. The van der Waals surface area contributed by atoms with Crippen LogP contribution in [0.15, 0.2) is 24.3 Å². The smallest absolute Gasteiger partial charge is 0.305 e. The maximum absolute atomic E-state index is 10.9. The number of carbonyl (C=O) groups is 1. The summed E-state index contributed by atoms with van der Waals surface area (Å²) >= 11 is 0. The third-order valence-corrected chi connectivity index (χ3v) is 3.66. The summed E-state index contributed by atoms with van der Waals surface area (Å²) in [4.78, 5) is 13.1. The van der Waals surface area contributed by atoms with Crippen LogP contribution in [0.1, 0.15) is 12.1 Å². The summed E-state index contributed by atoms with van der Waals surface area (Å²) in [5.74, 6) is -0.792. The number of carboxylic acids is 1. The van der Waals surface area contributed by atoms with Gasteiger partial charge in [-0.3, -0.25) is 14.8 Å². The van der Waals surface area contributed by atoms with Crippen LogP contribution in [0.5, 0.6) is 0 Å². The Morgan fingerprint density at radius 1 is 1.50 bits per heavy atom.